The van der Waals surface area contributed by atoms with Gasteiger partial charge in [-0.3, -0.25) is 0 Å². The van der Waals surface area contributed by atoms with Crippen molar-refractivity contribution in [2.45, 2.75) is 13.5 Å². The van der Waals surface area contributed by atoms with E-state index in [-0.39, 0.29) is 0 Å². The summed E-state index contributed by atoms with van der Waals surface area (Å²) in [6.45, 7) is 2.27. The summed E-state index contributed by atoms with van der Waals surface area (Å²) in [5.74, 6) is 0.685. The molecule has 0 saturated heterocycles. The molecule has 0 N–H and O–H groups in total. The Labute approximate surface area is 122 Å². The van der Waals surface area contributed by atoms with E-state index >= 15 is 0 Å². The zero-order valence-electron chi connectivity index (χ0n) is 10.3. The molecule has 0 spiro atoms. The summed E-state index contributed by atoms with van der Waals surface area (Å²) in [5.41, 5.74) is 2.40. The Morgan fingerprint density at radius 3 is 2.63 bits per heavy atom. The van der Waals surface area contributed by atoms with Gasteiger partial charge < -0.3 is 4.74 Å². The van der Waals surface area contributed by atoms with Crippen molar-refractivity contribution in [3.63, 3.8) is 0 Å². The molecule has 0 aliphatic carbocycles. The third kappa shape index (κ3) is 3.41. The molecule has 2 nitrogen and oxygen atoms in total. The number of nitrogens with zero attached hydrogens (tertiary/aromatic N) is 1. The number of hydrogen-bond donors (Lipinski definition) is 0. The van der Waals surface area contributed by atoms with E-state index < -0.39 is 0 Å². The van der Waals surface area contributed by atoms with Crippen LogP contribution in [0.3, 0.4) is 0 Å². The van der Waals surface area contributed by atoms with Crippen LogP contribution in [0.15, 0.2) is 36.4 Å². The molecule has 0 saturated carbocycles. The second-order valence-electron chi connectivity index (χ2n) is 4.12. The van der Waals surface area contributed by atoms with Gasteiger partial charge in [0.2, 0.25) is 0 Å². The number of rotatable bonds is 3. The highest BCUT2D eigenvalue weighted by molar-refractivity contribution is 6.35. The highest BCUT2D eigenvalue weighted by atomic mass is 35.5. The van der Waals surface area contributed by atoms with Gasteiger partial charge in [-0.05, 0) is 36.8 Å². The molecule has 0 fully saturated rings. The second kappa shape index (κ2) is 5.97. The Hall–Kier alpha value is -1.69. The van der Waals surface area contributed by atoms with Crippen LogP contribution >= 0.6 is 23.2 Å². The summed E-state index contributed by atoms with van der Waals surface area (Å²) >= 11 is 11.9. The number of hydrogen-bond acceptors (Lipinski definition) is 2. The first-order valence-corrected chi connectivity index (χ1v) is 6.43. The SMILES string of the molecule is Cc1ccc(C#N)cc1OCc1ccc(Cl)cc1Cl. The molecule has 0 atom stereocenters. The largest absolute Gasteiger partial charge is 0.489 e. The van der Waals surface area contributed by atoms with Gasteiger partial charge in [0, 0.05) is 15.6 Å². The molecule has 0 heterocycles. The summed E-state index contributed by atoms with van der Waals surface area (Å²) in [4.78, 5) is 0. The van der Waals surface area contributed by atoms with E-state index in [4.69, 9.17) is 33.2 Å². The van der Waals surface area contributed by atoms with Crippen molar-refractivity contribution in [3.05, 3.63) is 63.1 Å². The van der Waals surface area contributed by atoms with Crippen molar-refractivity contribution in [3.8, 4) is 11.8 Å². The van der Waals surface area contributed by atoms with Crippen LogP contribution in [-0.4, -0.2) is 0 Å². The normalized spacial score (nSPS) is 10.0. The molecule has 4 heteroatoms. The number of benzene rings is 2. The molecule has 0 aliphatic heterocycles. The molecule has 0 amide bonds. The topological polar surface area (TPSA) is 33.0 Å². The van der Waals surface area contributed by atoms with Gasteiger partial charge in [-0.1, -0.05) is 35.3 Å². The van der Waals surface area contributed by atoms with Gasteiger partial charge in [0.25, 0.3) is 0 Å². The van der Waals surface area contributed by atoms with Gasteiger partial charge in [-0.2, -0.15) is 5.26 Å². The summed E-state index contributed by atoms with van der Waals surface area (Å²) in [6, 6.07) is 12.7. The van der Waals surface area contributed by atoms with E-state index in [1.54, 1.807) is 24.3 Å². The maximum atomic E-state index is 8.87. The average molecular weight is 292 g/mol. The Balaban J connectivity index is 2.16. The van der Waals surface area contributed by atoms with Crippen LogP contribution in [0.2, 0.25) is 10.0 Å². The van der Waals surface area contributed by atoms with Crippen molar-refractivity contribution >= 4 is 23.2 Å². The van der Waals surface area contributed by atoms with Crippen molar-refractivity contribution in [1.29, 1.82) is 5.26 Å². The first kappa shape index (κ1) is 13.7. The lowest BCUT2D eigenvalue weighted by Gasteiger charge is -2.10. The zero-order valence-corrected chi connectivity index (χ0v) is 11.8. The van der Waals surface area contributed by atoms with Crippen molar-refractivity contribution in [2.24, 2.45) is 0 Å². The van der Waals surface area contributed by atoms with Crippen molar-refractivity contribution < 1.29 is 4.74 Å². The molecule has 2 aromatic rings. The third-order valence-corrected chi connectivity index (χ3v) is 3.30. The van der Waals surface area contributed by atoms with Crippen LogP contribution in [0.1, 0.15) is 16.7 Å². The minimum absolute atomic E-state index is 0.339. The standard InChI is InChI=1S/C15H11Cl2NO/c1-10-2-3-11(8-18)6-15(10)19-9-12-4-5-13(16)7-14(12)17/h2-7H,9H2,1H3. The molecule has 0 aliphatic rings. The lowest BCUT2D eigenvalue weighted by Crippen LogP contribution is -1.98. The van der Waals surface area contributed by atoms with Gasteiger partial charge in [0.15, 0.2) is 0 Å². The molecule has 2 aromatic carbocycles. The Bertz CT molecular complexity index is 647. The predicted molar refractivity (Wildman–Crippen MR) is 76.7 cm³/mol. The lowest BCUT2D eigenvalue weighted by atomic mass is 10.1. The average Bonchev–Trinajstić information content (AvgIpc) is 2.39. The van der Waals surface area contributed by atoms with Gasteiger partial charge in [-0.15, -0.1) is 0 Å². The predicted octanol–water partition coefficient (Wildman–Crippen LogP) is 4.75. The zero-order chi connectivity index (χ0) is 13.8. The van der Waals surface area contributed by atoms with Gasteiger partial charge >= 0.3 is 0 Å². The van der Waals surface area contributed by atoms with E-state index in [0.29, 0.717) is 28.0 Å². The fraction of sp³-hybridized carbons (Fsp3) is 0.133. The van der Waals surface area contributed by atoms with Crippen LogP contribution in [0.25, 0.3) is 0 Å². The van der Waals surface area contributed by atoms with E-state index in [2.05, 4.69) is 6.07 Å². The molecule has 2 rings (SSSR count). The fourth-order valence-electron chi connectivity index (χ4n) is 1.62. The lowest BCUT2D eigenvalue weighted by molar-refractivity contribution is 0.304. The Morgan fingerprint density at radius 1 is 1.16 bits per heavy atom. The van der Waals surface area contributed by atoms with Crippen molar-refractivity contribution in [1.82, 2.24) is 0 Å². The van der Waals surface area contributed by atoms with E-state index in [1.165, 1.54) is 0 Å². The molecule has 0 radical (unpaired) electrons. The first-order chi connectivity index (χ1) is 9.10. The first-order valence-electron chi connectivity index (χ1n) is 5.67. The molecule has 0 bridgehead atoms. The van der Waals surface area contributed by atoms with Crippen LogP contribution in [0.4, 0.5) is 0 Å². The quantitative estimate of drug-likeness (QED) is 0.817. The summed E-state index contributed by atoms with van der Waals surface area (Å²) in [7, 11) is 0. The number of aryl methyl sites for hydroxylation is 1. The number of halogens is 2. The summed E-state index contributed by atoms with van der Waals surface area (Å²) in [5, 5.41) is 10.0. The van der Waals surface area contributed by atoms with E-state index in [1.807, 2.05) is 19.1 Å². The van der Waals surface area contributed by atoms with E-state index in [0.717, 1.165) is 11.1 Å². The molecule has 19 heavy (non-hydrogen) atoms. The van der Waals surface area contributed by atoms with Crippen molar-refractivity contribution in [2.75, 3.05) is 0 Å². The fourth-order valence-corrected chi connectivity index (χ4v) is 2.08. The van der Waals surface area contributed by atoms with Crippen LogP contribution < -0.4 is 4.74 Å². The minimum atomic E-state index is 0.339. The van der Waals surface area contributed by atoms with Gasteiger partial charge in [0.1, 0.15) is 12.4 Å². The molecular weight excluding hydrogens is 281 g/mol. The Morgan fingerprint density at radius 2 is 1.95 bits per heavy atom. The highest BCUT2D eigenvalue weighted by Crippen LogP contribution is 2.24. The number of nitriles is 1. The third-order valence-electron chi connectivity index (χ3n) is 2.72. The van der Waals surface area contributed by atoms with Crippen LogP contribution in [0.5, 0.6) is 5.75 Å². The molecule has 0 unspecified atom stereocenters. The number of ether oxygens (including phenoxy) is 1. The molecule has 0 aromatic heterocycles. The highest BCUT2D eigenvalue weighted by Gasteiger charge is 2.05. The molecular formula is C15H11Cl2NO. The minimum Gasteiger partial charge on any atom is -0.489 e. The van der Waals surface area contributed by atoms with Gasteiger partial charge in [-0.25, -0.2) is 0 Å². The monoisotopic (exact) mass is 291 g/mol. The Kier molecular flexibility index (Phi) is 4.31. The smallest absolute Gasteiger partial charge is 0.124 e. The molecule has 96 valence electrons. The maximum absolute atomic E-state index is 8.87. The van der Waals surface area contributed by atoms with Crippen LogP contribution in [0, 0.1) is 18.3 Å². The summed E-state index contributed by atoms with van der Waals surface area (Å²) in [6.07, 6.45) is 0. The maximum Gasteiger partial charge on any atom is 0.124 e. The summed E-state index contributed by atoms with van der Waals surface area (Å²) < 4.78 is 5.71. The van der Waals surface area contributed by atoms with Gasteiger partial charge in [0.05, 0.1) is 11.6 Å². The second-order valence-corrected chi connectivity index (χ2v) is 4.96. The van der Waals surface area contributed by atoms with E-state index in [9.17, 15) is 0 Å². The van der Waals surface area contributed by atoms with Crippen LogP contribution in [-0.2, 0) is 6.61 Å².